The fourth-order valence-corrected chi connectivity index (χ4v) is 12.3. The lowest BCUT2D eigenvalue weighted by Gasteiger charge is -2.26. The summed E-state index contributed by atoms with van der Waals surface area (Å²) >= 11 is 24.2. The lowest BCUT2D eigenvalue weighted by atomic mass is 9.85. The first-order chi connectivity index (χ1) is 60.8. The molecular weight excluding hydrogens is 1830 g/mol. The lowest BCUT2D eigenvalue weighted by Crippen LogP contribution is -2.48. The largest absolute Gasteiger partial charge is 0.504 e. The Bertz CT molecular complexity index is 4890. The molecule has 0 radical (unpaired) electrons. The molecule has 0 spiro atoms. The van der Waals surface area contributed by atoms with Crippen molar-refractivity contribution in [3.05, 3.63) is 190 Å². The standard InChI is InChI=1S/C12H16ClNO4.C12H15ClO4.C12H16FNO4.C12H15FO4.C11H13ClO4.C11H13FO4.C10H12ClNO3.C10H12FNO3/c1-12(14-2,11(17)18)6-8(13)7-3-4-9(15)10(16)5-7;1-12(2,11(16)17)6-8(13)7-3-4-9(14)10(15)5-7;1-12(14-2,11(17)18)6-8(13)7-3-4-9(15)10(16)5-7;1-12(2,11(16)17)6-8(13)7-3-4-9(14)10(15)5-7;2*1-6(11(15)16)4-8(12)7-2-3-9(13)10(14)5-7;2*1-5(13)10(12)9(11)6-2-3-7(14)8(15)4-6/h3-5,8,14-16H,6H2,1-2H3,(H,17,18);3-5,8,14-15H,6H2,1-2H3,(H,16,17);3-5,8,14-16H,6H2,1-2H3,(H,17,18);3-5,8,14-15H,6H2,1-2H3,(H,16,17);2*2-3,5-6,8,13-14H,4H2,1H3,(H,15,16);2*2-4,9-10,14-15H,12H2,1H3/t8?,12-;;8?,12-;;2*6-,8?;2*9?,10-/m0.0.0011/s1. The quantitative estimate of drug-likeness (QED) is 0.0106. The number of Topliss-reactive ketones (excluding diaryl/α,β-unsaturated/α-hetero) is 2. The highest BCUT2D eigenvalue weighted by molar-refractivity contribution is 6.23. The van der Waals surface area contributed by atoms with Gasteiger partial charge in [0.25, 0.3) is 0 Å². The van der Waals surface area contributed by atoms with Crippen molar-refractivity contribution in [2.75, 3.05) is 14.1 Å². The van der Waals surface area contributed by atoms with E-state index in [-0.39, 0.29) is 136 Å². The van der Waals surface area contributed by atoms with E-state index in [1.807, 2.05) is 0 Å². The van der Waals surface area contributed by atoms with E-state index < -0.39 is 157 Å². The average Bonchev–Trinajstić information content (AvgIpc) is 0.836. The minimum Gasteiger partial charge on any atom is -0.504 e. The summed E-state index contributed by atoms with van der Waals surface area (Å²) in [5, 5.41) is 203. The predicted molar refractivity (Wildman–Crippen MR) is 480 cm³/mol. The monoisotopic (exact) mass is 1940 g/mol. The molecule has 0 amide bonds. The number of likely N-dealkylation sites (N-methyl/N-ethyl adjacent to an activating group) is 2. The van der Waals surface area contributed by atoms with E-state index >= 15 is 0 Å². The number of carboxylic acid groups (broad SMARTS) is 6. The number of carbonyl (C=O) groups is 8. The number of carboxylic acids is 6. The highest BCUT2D eigenvalue weighted by Crippen LogP contribution is 2.43. The summed E-state index contributed by atoms with van der Waals surface area (Å²) in [5.41, 5.74) is 8.88. The Balaban J connectivity index is 0.000000755. The van der Waals surface area contributed by atoms with Crippen LogP contribution >= 0.6 is 46.4 Å². The van der Waals surface area contributed by atoms with Gasteiger partial charge in [-0.05, 0) is 243 Å². The van der Waals surface area contributed by atoms with Crippen LogP contribution in [0.4, 0.5) is 17.6 Å². The second-order valence-electron chi connectivity index (χ2n) is 31.8. The first-order valence-corrected chi connectivity index (χ1v) is 41.1. The molecule has 42 heteroatoms. The molecule has 0 saturated carbocycles. The molecule has 8 aromatic rings. The van der Waals surface area contributed by atoms with E-state index in [0.717, 1.165) is 36.4 Å². The molecule has 0 aliphatic heterocycles. The Kier molecular flexibility index (Phi) is 47.2. The SMILES string of the molecule is CC(=O)[C@@H](N)C(Cl)c1ccc(O)c(O)c1.CC(=O)[C@@H](N)C(F)c1ccc(O)c(O)c1.CC(C)(CC(Cl)c1ccc(O)c(O)c1)C(=O)O.CC(C)(CC(F)c1ccc(O)c(O)c1)C(=O)O.CN[C@@](C)(CC(Cl)c1ccc(O)c(O)c1)C(=O)O.CN[C@@](C)(CC(F)c1ccc(O)c(O)c1)C(=O)O.C[C@@H](CC(Cl)c1ccc(O)c(O)c1)C(=O)O.C[C@@H](CC(F)c1ccc(O)c(O)c1)C(=O)O. The van der Waals surface area contributed by atoms with E-state index in [2.05, 4.69) is 10.6 Å². The Morgan fingerprint density at radius 3 is 0.833 bits per heavy atom. The number of aromatic hydroxyl groups is 16. The summed E-state index contributed by atoms with van der Waals surface area (Å²) in [6.45, 7) is 14.5. The fourth-order valence-electron chi connectivity index (χ4n) is 10.6. The van der Waals surface area contributed by atoms with Gasteiger partial charge in [-0.15, -0.1) is 46.4 Å². The van der Waals surface area contributed by atoms with Gasteiger partial charge in [0.1, 0.15) is 47.3 Å². The van der Waals surface area contributed by atoms with Gasteiger partial charge in [0.15, 0.2) is 92.0 Å². The van der Waals surface area contributed by atoms with Gasteiger partial charge in [0, 0.05) is 6.42 Å². The molecule has 14 atom stereocenters. The van der Waals surface area contributed by atoms with Gasteiger partial charge in [-0.3, -0.25) is 38.4 Å². The fraction of sp³-hybridized carbons (Fsp3) is 0.378. The first kappa shape index (κ1) is 117. The summed E-state index contributed by atoms with van der Waals surface area (Å²) in [6.07, 6.45) is -6.25. The van der Waals surface area contributed by atoms with E-state index in [1.165, 1.54) is 147 Å². The molecule has 8 aromatic carbocycles. The second-order valence-corrected chi connectivity index (χ2v) is 33.8. The molecule has 0 aliphatic carbocycles. The van der Waals surface area contributed by atoms with Gasteiger partial charge in [-0.2, -0.15) is 0 Å². The molecule has 8 unspecified atom stereocenters. The van der Waals surface area contributed by atoms with E-state index in [0.29, 0.717) is 22.3 Å². The maximum atomic E-state index is 14.0. The predicted octanol–water partition coefficient (Wildman–Crippen LogP) is 15.9. The number of ketones is 2. The topological polar surface area (TPSA) is 658 Å². The Hall–Kier alpha value is -12.6. The van der Waals surface area contributed by atoms with Crippen LogP contribution in [0, 0.1) is 22.7 Å². The van der Waals surface area contributed by atoms with E-state index in [9.17, 15) is 91.7 Å². The van der Waals surface area contributed by atoms with Crippen LogP contribution in [0.2, 0.25) is 0 Å². The molecular formula is C90H112Cl4F4N4O30. The number of benzene rings is 8. The summed E-state index contributed by atoms with van der Waals surface area (Å²) in [6, 6.07) is 28.8. The Morgan fingerprint density at radius 2 is 0.545 bits per heavy atom. The van der Waals surface area contributed by atoms with Crippen LogP contribution < -0.4 is 22.1 Å². The van der Waals surface area contributed by atoms with E-state index in [4.69, 9.17) is 134 Å². The Labute approximate surface area is 776 Å². The van der Waals surface area contributed by atoms with Crippen molar-refractivity contribution in [1.29, 1.82) is 0 Å². The molecule has 728 valence electrons. The van der Waals surface area contributed by atoms with Crippen LogP contribution in [0.15, 0.2) is 146 Å². The van der Waals surface area contributed by atoms with Crippen LogP contribution in [0.5, 0.6) is 92.0 Å². The van der Waals surface area contributed by atoms with Crippen molar-refractivity contribution in [3.63, 3.8) is 0 Å². The van der Waals surface area contributed by atoms with Gasteiger partial charge in [-0.1, -0.05) is 62.4 Å². The van der Waals surface area contributed by atoms with Crippen LogP contribution in [0.1, 0.15) is 198 Å². The van der Waals surface area contributed by atoms with Crippen LogP contribution in [-0.4, -0.2) is 197 Å². The number of hydrogen-bond donors (Lipinski definition) is 26. The van der Waals surface area contributed by atoms with E-state index in [1.54, 1.807) is 46.0 Å². The summed E-state index contributed by atoms with van der Waals surface area (Å²) in [7, 11) is 2.99. The van der Waals surface area contributed by atoms with Crippen LogP contribution in [-0.2, 0) is 38.4 Å². The molecule has 0 fully saturated rings. The maximum absolute atomic E-state index is 14.0. The number of nitrogens with one attached hydrogen (secondary N) is 2. The van der Waals surface area contributed by atoms with Crippen molar-refractivity contribution in [1.82, 2.24) is 10.6 Å². The molecule has 0 heterocycles. The van der Waals surface area contributed by atoms with Gasteiger partial charge in [0.2, 0.25) is 0 Å². The van der Waals surface area contributed by atoms with Gasteiger partial charge in [0.05, 0.1) is 56.3 Å². The van der Waals surface area contributed by atoms with Crippen molar-refractivity contribution < 1.29 is 168 Å². The minimum atomic E-state index is -1.69. The third kappa shape index (κ3) is 37.7. The number of nitrogens with two attached hydrogens (primary N) is 2. The highest BCUT2D eigenvalue weighted by atomic mass is 35.5. The zero-order valence-corrected chi connectivity index (χ0v) is 76.3. The molecule has 132 heavy (non-hydrogen) atoms. The van der Waals surface area contributed by atoms with Crippen LogP contribution in [0.25, 0.3) is 0 Å². The second kappa shape index (κ2) is 53.1. The number of aliphatic carboxylic acids is 6. The van der Waals surface area contributed by atoms with Crippen molar-refractivity contribution >= 4 is 93.8 Å². The number of carbonyl (C=O) groups excluding carboxylic acids is 2. The highest BCUT2D eigenvalue weighted by Gasteiger charge is 2.38. The maximum Gasteiger partial charge on any atom is 0.323 e. The molecule has 0 aliphatic rings. The Morgan fingerprint density at radius 1 is 0.311 bits per heavy atom. The summed E-state index contributed by atoms with van der Waals surface area (Å²) in [4.78, 5) is 87.0. The van der Waals surface area contributed by atoms with Gasteiger partial charge < -0.3 is 134 Å². The molecule has 28 N–H and O–H groups in total. The number of halogens is 8. The van der Waals surface area contributed by atoms with Gasteiger partial charge >= 0.3 is 35.8 Å². The first-order valence-electron chi connectivity index (χ1n) is 39.3. The third-order valence-electron chi connectivity index (χ3n) is 20.1. The molecule has 0 saturated heterocycles. The minimum absolute atomic E-state index is 0.0630. The van der Waals surface area contributed by atoms with Crippen LogP contribution in [0.3, 0.4) is 0 Å². The number of hydrogen-bond acceptors (Lipinski definition) is 28. The number of phenolic OH excluding ortho intramolecular Hbond substituents is 16. The van der Waals surface area contributed by atoms with Crippen molar-refractivity contribution in [3.8, 4) is 92.0 Å². The number of rotatable bonds is 32. The number of phenols is 16. The van der Waals surface area contributed by atoms with Gasteiger partial charge in [-0.25, -0.2) is 17.6 Å². The molecule has 0 bridgehead atoms. The zero-order valence-electron chi connectivity index (χ0n) is 73.3. The molecule has 8 rings (SSSR count). The third-order valence-corrected chi connectivity index (χ3v) is 21.9. The summed E-state index contributed by atoms with van der Waals surface area (Å²) < 4.78 is 55.0. The summed E-state index contributed by atoms with van der Waals surface area (Å²) in [5.74, 6) is -13.3. The number of alkyl halides is 8. The normalized spacial score (nSPS) is 14.6. The zero-order chi connectivity index (χ0) is 102. The van der Waals surface area contributed by atoms with Crippen molar-refractivity contribution in [2.45, 2.75) is 177 Å². The lowest BCUT2D eigenvalue weighted by molar-refractivity contribution is -0.148. The average molecular weight is 1950 g/mol. The molecule has 0 aromatic heterocycles. The van der Waals surface area contributed by atoms with Crippen molar-refractivity contribution in [2.24, 2.45) is 34.1 Å². The smallest absolute Gasteiger partial charge is 0.323 e. The molecule has 34 nitrogen and oxygen atoms in total.